The van der Waals surface area contributed by atoms with Gasteiger partial charge in [0.25, 0.3) is 0 Å². The lowest BCUT2D eigenvalue weighted by Crippen LogP contribution is -2.32. The van der Waals surface area contributed by atoms with E-state index in [0.29, 0.717) is 17.8 Å². The Morgan fingerprint density at radius 3 is 2.60 bits per heavy atom. The summed E-state index contributed by atoms with van der Waals surface area (Å²) in [6, 6.07) is 12.6. The smallest absolute Gasteiger partial charge is 0.227 e. The summed E-state index contributed by atoms with van der Waals surface area (Å²) >= 11 is 0. The van der Waals surface area contributed by atoms with Crippen LogP contribution < -0.4 is 10.2 Å². The maximum Gasteiger partial charge on any atom is 0.227 e. The third-order valence-electron chi connectivity index (χ3n) is 4.55. The highest BCUT2D eigenvalue weighted by Crippen LogP contribution is 2.26. The van der Waals surface area contributed by atoms with Crippen LogP contribution in [-0.2, 0) is 16.1 Å². The number of hydrogen-bond donors (Lipinski definition) is 1. The first-order valence-electron chi connectivity index (χ1n) is 8.34. The van der Waals surface area contributed by atoms with Gasteiger partial charge in [0.05, 0.1) is 5.92 Å². The van der Waals surface area contributed by atoms with Gasteiger partial charge >= 0.3 is 0 Å². The highest BCUT2D eigenvalue weighted by atomic mass is 19.1. The first kappa shape index (κ1) is 17.1. The van der Waals surface area contributed by atoms with Crippen molar-refractivity contribution in [2.24, 2.45) is 5.92 Å². The number of halogens is 1. The number of hydrogen-bond acceptors (Lipinski definition) is 2. The molecule has 2 aromatic carbocycles. The highest BCUT2D eigenvalue weighted by molar-refractivity contribution is 6.00. The van der Waals surface area contributed by atoms with E-state index in [4.69, 9.17) is 0 Å². The molecule has 1 unspecified atom stereocenters. The van der Waals surface area contributed by atoms with Crippen molar-refractivity contribution in [2.45, 2.75) is 26.8 Å². The second kappa shape index (κ2) is 7.05. The molecule has 4 nitrogen and oxygen atoms in total. The topological polar surface area (TPSA) is 49.4 Å². The Morgan fingerprint density at radius 1 is 1.20 bits per heavy atom. The van der Waals surface area contributed by atoms with E-state index in [1.54, 1.807) is 19.1 Å². The fourth-order valence-electron chi connectivity index (χ4n) is 2.92. The number of anilines is 1. The van der Waals surface area contributed by atoms with Crippen molar-refractivity contribution in [2.75, 3.05) is 11.4 Å². The lowest BCUT2D eigenvalue weighted by atomic mass is 10.1. The SMILES string of the molecule is Cc1ccc(CNC(=O)C2CC(=O)N(c3ccc(C)c(F)c3)C2)cc1. The molecule has 0 aliphatic carbocycles. The molecule has 0 saturated carbocycles. The largest absolute Gasteiger partial charge is 0.352 e. The van der Waals surface area contributed by atoms with Gasteiger partial charge in [-0.25, -0.2) is 4.39 Å². The Bertz CT molecular complexity index is 802. The van der Waals surface area contributed by atoms with E-state index in [9.17, 15) is 14.0 Å². The van der Waals surface area contributed by atoms with Crippen LogP contribution in [-0.4, -0.2) is 18.4 Å². The summed E-state index contributed by atoms with van der Waals surface area (Å²) in [6.45, 7) is 4.39. The second-order valence-corrected chi connectivity index (χ2v) is 6.54. The van der Waals surface area contributed by atoms with E-state index in [1.165, 1.54) is 11.0 Å². The molecular formula is C20H21FN2O2. The molecule has 5 heteroatoms. The first-order chi connectivity index (χ1) is 11.9. The predicted molar refractivity (Wildman–Crippen MR) is 94.6 cm³/mol. The molecule has 3 rings (SSSR count). The van der Waals surface area contributed by atoms with E-state index in [2.05, 4.69) is 5.32 Å². The average Bonchev–Trinajstić information content (AvgIpc) is 2.98. The van der Waals surface area contributed by atoms with Crippen molar-refractivity contribution in [3.8, 4) is 0 Å². The van der Waals surface area contributed by atoms with E-state index in [1.807, 2.05) is 31.2 Å². The van der Waals surface area contributed by atoms with Crippen molar-refractivity contribution in [3.05, 3.63) is 65.0 Å². The van der Waals surface area contributed by atoms with Gasteiger partial charge < -0.3 is 10.2 Å². The van der Waals surface area contributed by atoms with Crippen molar-refractivity contribution in [1.82, 2.24) is 5.32 Å². The number of carbonyl (C=O) groups excluding carboxylic acids is 2. The molecule has 1 aliphatic rings. The van der Waals surface area contributed by atoms with Crippen LogP contribution >= 0.6 is 0 Å². The minimum Gasteiger partial charge on any atom is -0.352 e. The summed E-state index contributed by atoms with van der Waals surface area (Å²) in [6.07, 6.45) is 0.148. The van der Waals surface area contributed by atoms with E-state index < -0.39 is 5.92 Å². The van der Waals surface area contributed by atoms with E-state index in [-0.39, 0.29) is 30.6 Å². The number of carbonyl (C=O) groups is 2. The Kier molecular flexibility index (Phi) is 4.83. The Balaban J connectivity index is 1.62. The molecule has 2 aromatic rings. The zero-order chi connectivity index (χ0) is 18.0. The van der Waals surface area contributed by atoms with Crippen molar-refractivity contribution < 1.29 is 14.0 Å². The third-order valence-corrected chi connectivity index (χ3v) is 4.55. The van der Waals surface area contributed by atoms with Gasteiger partial charge in [-0.1, -0.05) is 35.9 Å². The Hall–Kier alpha value is -2.69. The van der Waals surface area contributed by atoms with Crippen LogP contribution in [0.1, 0.15) is 23.1 Å². The summed E-state index contributed by atoms with van der Waals surface area (Å²) in [5.74, 6) is -1.07. The highest BCUT2D eigenvalue weighted by Gasteiger charge is 2.35. The maximum absolute atomic E-state index is 13.7. The minimum absolute atomic E-state index is 0.148. The summed E-state index contributed by atoms with van der Waals surface area (Å²) in [5, 5.41) is 2.88. The predicted octanol–water partition coefficient (Wildman–Crippen LogP) is 3.11. The van der Waals surface area contributed by atoms with Crippen LogP contribution in [0.25, 0.3) is 0 Å². The van der Waals surface area contributed by atoms with Gasteiger partial charge in [-0.05, 0) is 37.1 Å². The molecule has 1 heterocycles. The Labute approximate surface area is 146 Å². The minimum atomic E-state index is -0.415. The van der Waals surface area contributed by atoms with Crippen molar-refractivity contribution in [3.63, 3.8) is 0 Å². The molecule has 2 amide bonds. The summed E-state index contributed by atoms with van der Waals surface area (Å²) < 4.78 is 13.7. The third kappa shape index (κ3) is 3.87. The number of benzene rings is 2. The zero-order valence-electron chi connectivity index (χ0n) is 14.4. The molecule has 25 heavy (non-hydrogen) atoms. The molecule has 1 fully saturated rings. The number of nitrogens with one attached hydrogen (secondary N) is 1. The molecule has 1 aliphatic heterocycles. The van der Waals surface area contributed by atoms with Crippen LogP contribution in [0.5, 0.6) is 0 Å². The maximum atomic E-state index is 13.7. The lowest BCUT2D eigenvalue weighted by molar-refractivity contribution is -0.126. The molecule has 0 bridgehead atoms. The number of aryl methyl sites for hydroxylation is 2. The lowest BCUT2D eigenvalue weighted by Gasteiger charge is -2.17. The molecule has 1 atom stereocenters. The summed E-state index contributed by atoms with van der Waals surface area (Å²) in [5.41, 5.74) is 3.21. The van der Waals surface area contributed by atoms with Gasteiger partial charge in [0, 0.05) is 25.2 Å². The van der Waals surface area contributed by atoms with Crippen LogP contribution in [0.3, 0.4) is 0 Å². The van der Waals surface area contributed by atoms with Gasteiger partial charge in [0.15, 0.2) is 0 Å². The summed E-state index contributed by atoms with van der Waals surface area (Å²) in [7, 11) is 0. The average molecular weight is 340 g/mol. The molecule has 1 N–H and O–H groups in total. The van der Waals surface area contributed by atoms with Gasteiger partial charge in [0.2, 0.25) is 11.8 Å². The van der Waals surface area contributed by atoms with Crippen LogP contribution in [0.15, 0.2) is 42.5 Å². The van der Waals surface area contributed by atoms with Crippen LogP contribution in [0.2, 0.25) is 0 Å². The molecule has 0 aromatic heterocycles. The van der Waals surface area contributed by atoms with E-state index >= 15 is 0 Å². The number of rotatable bonds is 4. The van der Waals surface area contributed by atoms with Crippen molar-refractivity contribution >= 4 is 17.5 Å². The van der Waals surface area contributed by atoms with Gasteiger partial charge in [0.1, 0.15) is 5.82 Å². The quantitative estimate of drug-likeness (QED) is 0.930. The monoisotopic (exact) mass is 340 g/mol. The number of amides is 2. The van der Waals surface area contributed by atoms with Crippen LogP contribution in [0, 0.1) is 25.6 Å². The molecule has 1 saturated heterocycles. The second-order valence-electron chi connectivity index (χ2n) is 6.54. The molecule has 130 valence electrons. The first-order valence-corrected chi connectivity index (χ1v) is 8.34. The normalized spacial score (nSPS) is 17.0. The van der Waals surface area contributed by atoms with Crippen molar-refractivity contribution in [1.29, 1.82) is 0 Å². The number of nitrogens with zero attached hydrogens (tertiary/aromatic N) is 1. The van der Waals surface area contributed by atoms with Gasteiger partial charge in [-0.3, -0.25) is 9.59 Å². The van der Waals surface area contributed by atoms with E-state index in [0.717, 1.165) is 11.1 Å². The fourth-order valence-corrected chi connectivity index (χ4v) is 2.92. The van der Waals surface area contributed by atoms with Gasteiger partial charge in [-0.2, -0.15) is 0 Å². The zero-order valence-corrected chi connectivity index (χ0v) is 14.4. The molecular weight excluding hydrogens is 319 g/mol. The fraction of sp³-hybridized carbons (Fsp3) is 0.300. The van der Waals surface area contributed by atoms with Gasteiger partial charge in [-0.15, -0.1) is 0 Å². The van der Waals surface area contributed by atoms with Crippen LogP contribution in [0.4, 0.5) is 10.1 Å². The standard InChI is InChI=1S/C20H21FN2O2/c1-13-3-6-15(7-4-13)11-22-20(25)16-9-19(24)23(12-16)17-8-5-14(2)18(21)10-17/h3-8,10,16H,9,11-12H2,1-2H3,(H,22,25). The Morgan fingerprint density at radius 2 is 1.92 bits per heavy atom. The molecule has 0 spiro atoms. The summed E-state index contributed by atoms with van der Waals surface area (Å²) in [4.78, 5) is 26.1. The molecule has 0 radical (unpaired) electrons.